The number of carbonyl (C=O) groups is 1. The molecular weight excluding hydrogens is 370 g/mol. The first-order chi connectivity index (χ1) is 9.47. The molecule has 104 valence electrons. The van der Waals surface area contributed by atoms with E-state index in [0.29, 0.717) is 10.0 Å². The average molecular weight is 378 g/mol. The van der Waals surface area contributed by atoms with Crippen LogP contribution in [0, 0.1) is 5.82 Å². The lowest BCUT2D eigenvalue weighted by Gasteiger charge is -2.08. The van der Waals surface area contributed by atoms with Gasteiger partial charge in [0.05, 0.1) is 5.02 Å². The first-order valence-electron chi connectivity index (χ1n) is 5.51. The summed E-state index contributed by atoms with van der Waals surface area (Å²) in [5, 5.41) is 2.98. The SMILES string of the molecule is O=C(NCc1cc(F)ccc1Br)c1nc(Cl)ccc1Cl. The monoisotopic (exact) mass is 376 g/mol. The Labute approximate surface area is 133 Å². The van der Waals surface area contributed by atoms with Crippen LogP contribution >= 0.6 is 39.1 Å². The van der Waals surface area contributed by atoms with Gasteiger partial charge >= 0.3 is 0 Å². The van der Waals surface area contributed by atoms with Crippen LogP contribution in [-0.2, 0) is 6.54 Å². The average Bonchev–Trinajstić information content (AvgIpc) is 2.42. The molecule has 0 aliphatic rings. The van der Waals surface area contributed by atoms with Gasteiger partial charge in [-0.2, -0.15) is 0 Å². The van der Waals surface area contributed by atoms with Crippen molar-refractivity contribution < 1.29 is 9.18 Å². The third-order valence-electron chi connectivity index (χ3n) is 2.47. The first kappa shape index (κ1) is 15.2. The summed E-state index contributed by atoms with van der Waals surface area (Å²) in [6, 6.07) is 7.21. The standard InChI is InChI=1S/C13H8BrCl2FN2O/c14-9-2-1-8(17)5-7(9)6-18-13(20)12-10(15)3-4-11(16)19-12/h1-5H,6H2,(H,18,20). The van der Waals surface area contributed by atoms with E-state index in [1.807, 2.05) is 0 Å². The number of benzene rings is 1. The number of nitrogens with zero attached hydrogens (tertiary/aromatic N) is 1. The van der Waals surface area contributed by atoms with Crippen LogP contribution in [0.4, 0.5) is 4.39 Å². The molecule has 0 fully saturated rings. The first-order valence-corrected chi connectivity index (χ1v) is 7.06. The summed E-state index contributed by atoms with van der Waals surface area (Å²) >= 11 is 14.9. The highest BCUT2D eigenvalue weighted by Crippen LogP contribution is 2.19. The van der Waals surface area contributed by atoms with E-state index in [-0.39, 0.29) is 28.2 Å². The normalized spacial score (nSPS) is 10.4. The lowest BCUT2D eigenvalue weighted by atomic mass is 10.2. The molecule has 0 atom stereocenters. The Morgan fingerprint density at radius 1 is 1.30 bits per heavy atom. The lowest BCUT2D eigenvalue weighted by molar-refractivity contribution is 0.0946. The van der Waals surface area contributed by atoms with Crippen molar-refractivity contribution in [1.29, 1.82) is 0 Å². The molecule has 0 saturated heterocycles. The van der Waals surface area contributed by atoms with Gasteiger partial charge in [-0.25, -0.2) is 9.37 Å². The highest BCUT2D eigenvalue weighted by Gasteiger charge is 2.13. The van der Waals surface area contributed by atoms with E-state index >= 15 is 0 Å². The van der Waals surface area contributed by atoms with Crippen molar-refractivity contribution in [2.75, 3.05) is 0 Å². The minimum atomic E-state index is -0.478. The third kappa shape index (κ3) is 3.69. The van der Waals surface area contributed by atoms with Gasteiger partial charge in [-0.05, 0) is 35.9 Å². The van der Waals surface area contributed by atoms with Gasteiger partial charge in [0.2, 0.25) is 0 Å². The van der Waals surface area contributed by atoms with E-state index < -0.39 is 5.91 Å². The van der Waals surface area contributed by atoms with Crippen molar-refractivity contribution in [1.82, 2.24) is 10.3 Å². The number of nitrogens with one attached hydrogen (secondary N) is 1. The van der Waals surface area contributed by atoms with Crippen molar-refractivity contribution >= 4 is 45.0 Å². The summed E-state index contributed by atoms with van der Waals surface area (Å²) in [5.74, 6) is -0.856. The minimum Gasteiger partial charge on any atom is -0.347 e. The molecule has 0 bridgehead atoms. The molecular formula is C13H8BrCl2FN2O. The Morgan fingerprint density at radius 3 is 2.80 bits per heavy atom. The molecule has 7 heteroatoms. The van der Waals surface area contributed by atoms with Crippen LogP contribution in [0.5, 0.6) is 0 Å². The fourth-order valence-electron chi connectivity index (χ4n) is 1.52. The van der Waals surface area contributed by atoms with Gasteiger partial charge in [0.15, 0.2) is 0 Å². The van der Waals surface area contributed by atoms with Crippen LogP contribution < -0.4 is 5.32 Å². The molecule has 20 heavy (non-hydrogen) atoms. The van der Waals surface area contributed by atoms with E-state index in [4.69, 9.17) is 23.2 Å². The molecule has 0 spiro atoms. The zero-order chi connectivity index (χ0) is 14.7. The van der Waals surface area contributed by atoms with E-state index in [1.54, 1.807) is 6.07 Å². The van der Waals surface area contributed by atoms with E-state index in [1.165, 1.54) is 24.3 Å². The summed E-state index contributed by atoms with van der Waals surface area (Å²) in [6.45, 7) is 0.141. The van der Waals surface area contributed by atoms with E-state index in [0.717, 1.165) is 0 Å². The molecule has 2 rings (SSSR count). The molecule has 0 unspecified atom stereocenters. The van der Waals surface area contributed by atoms with Crippen molar-refractivity contribution in [2.45, 2.75) is 6.54 Å². The topological polar surface area (TPSA) is 42.0 Å². The van der Waals surface area contributed by atoms with Crippen LogP contribution in [0.1, 0.15) is 16.1 Å². The highest BCUT2D eigenvalue weighted by atomic mass is 79.9. The van der Waals surface area contributed by atoms with Crippen molar-refractivity contribution in [3.8, 4) is 0 Å². The maximum atomic E-state index is 13.1. The van der Waals surface area contributed by atoms with Crippen molar-refractivity contribution in [3.05, 3.63) is 62.1 Å². The number of hydrogen-bond donors (Lipinski definition) is 1. The van der Waals surface area contributed by atoms with Gasteiger partial charge in [-0.3, -0.25) is 4.79 Å². The summed E-state index contributed by atoms with van der Waals surface area (Å²) in [4.78, 5) is 15.8. The number of aromatic nitrogens is 1. The van der Waals surface area contributed by atoms with Crippen LogP contribution in [0.25, 0.3) is 0 Å². The quantitative estimate of drug-likeness (QED) is 0.813. The molecule has 1 heterocycles. The maximum absolute atomic E-state index is 13.1. The van der Waals surface area contributed by atoms with E-state index in [9.17, 15) is 9.18 Å². The third-order valence-corrected chi connectivity index (χ3v) is 3.76. The zero-order valence-corrected chi connectivity index (χ0v) is 13.1. The van der Waals surface area contributed by atoms with Gasteiger partial charge in [0.1, 0.15) is 16.7 Å². The van der Waals surface area contributed by atoms with Crippen molar-refractivity contribution in [2.24, 2.45) is 0 Å². The number of amides is 1. The van der Waals surface area contributed by atoms with Gasteiger partial charge < -0.3 is 5.32 Å². The van der Waals surface area contributed by atoms with Crippen LogP contribution in [0.2, 0.25) is 10.2 Å². The Bertz CT molecular complexity index is 667. The lowest BCUT2D eigenvalue weighted by Crippen LogP contribution is -2.24. The van der Waals surface area contributed by atoms with Gasteiger partial charge in [-0.15, -0.1) is 0 Å². The Hall–Kier alpha value is -1.17. The predicted molar refractivity (Wildman–Crippen MR) is 79.5 cm³/mol. The summed E-state index contributed by atoms with van der Waals surface area (Å²) < 4.78 is 13.8. The second-order valence-electron chi connectivity index (χ2n) is 3.88. The van der Waals surface area contributed by atoms with Crippen LogP contribution in [0.15, 0.2) is 34.8 Å². The summed E-state index contributed by atoms with van der Waals surface area (Å²) in [5.41, 5.74) is 0.642. The smallest absolute Gasteiger partial charge is 0.271 e. The Kier molecular flexibility index (Phi) is 4.96. The van der Waals surface area contributed by atoms with Crippen LogP contribution in [0.3, 0.4) is 0 Å². The second kappa shape index (κ2) is 6.52. The van der Waals surface area contributed by atoms with Crippen molar-refractivity contribution in [3.63, 3.8) is 0 Å². The fraction of sp³-hybridized carbons (Fsp3) is 0.0769. The largest absolute Gasteiger partial charge is 0.347 e. The molecule has 1 amide bonds. The Balaban J connectivity index is 2.12. The van der Waals surface area contributed by atoms with Gasteiger partial charge in [0.25, 0.3) is 5.91 Å². The Morgan fingerprint density at radius 2 is 2.05 bits per heavy atom. The van der Waals surface area contributed by atoms with Gasteiger partial charge in [0, 0.05) is 11.0 Å². The molecule has 3 nitrogen and oxygen atoms in total. The summed E-state index contributed by atoms with van der Waals surface area (Å²) in [7, 11) is 0. The number of carbonyl (C=O) groups excluding carboxylic acids is 1. The molecule has 2 aromatic rings. The number of hydrogen-bond acceptors (Lipinski definition) is 2. The molecule has 1 aromatic carbocycles. The number of halogens is 4. The molecule has 0 aliphatic carbocycles. The zero-order valence-electron chi connectivity index (χ0n) is 9.96. The second-order valence-corrected chi connectivity index (χ2v) is 5.53. The predicted octanol–water partition coefficient (Wildman–Crippen LogP) is 4.22. The molecule has 1 N–H and O–H groups in total. The van der Waals surface area contributed by atoms with Gasteiger partial charge in [-0.1, -0.05) is 39.1 Å². The number of pyridine rings is 1. The van der Waals surface area contributed by atoms with Crippen LogP contribution in [-0.4, -0.2) is 10.9 Å². The highest BCUT2D eigenvalue weighted by molar-refractivity contribution is 9.10. The summed E-state index contributed by atoms with van der Waals surface area (Å²) in [6.07, 6.45) is 0. The molecule has 0 aliphatic heterocycles. The number of rotatable bonds is 3. The molecule has 0 saturated carbocycles. The maximum Gasteiger partial charge on any atom is 0.271 e. The van der Waals surface area contributed by atoms with E-state index in [2.05, 4.69) is 26.2 Å². The molecule has 1 aromatic heterocycles. The molecule has 0 radical (unpaired) electrons. The minimum absolute atomic E-state index is 0.0340. The fourth-order valence-corrected chi connectivity index (χ4v) is 2.24.